The summed E-state index contributed by atoms with van der Waals surface area (Å²) in [6.45, 7) is 8.15. The van der Waals surface area contributed by atoms with Crippen molar-refractivity contribution in [3.63, 3.8) is 0 Å². The average molecular weight is 275 g/mol. The number of benzene rings is 1. The topological polar surface area (TPSA) is 58.4 Å². The number of hydrogen-bond donors (Lipinski definition) is 2. The van der Waals surface area contributed by atoms with Crippen LogP contribution in [0, 0.1) is 11.8 Å². The van der Waals surface area contributed by atoms with Crippen molar-refractivity contribution >= 4 is 23.0 Å². The van der Waals surface area contributed by atoms with Gasteiger partial charge in [-0.05, 0) is 37.0 Å². The summed E-state index contributed by atoms with van der Waals surface area (Å²) < 4.78 is 0. The Hall–Kier alpha value is -1.71. The van der Waals surface area contributed by atoms with Crippen LogP contribution in [0.1, 0.15) is 33.6 Å². The molecular formula is C16H25N3O. The maximum Gasteiger partial charge on any atom is 0.226 e. The lowest BCUT2D eigenvalue weighted by Gasteiger charge is -2.33. The van der Waals surface area contributed by atoms with E-state index in [1.54, 1.807) is 0 Å². The van der Waals surface area contributed by atoms with E-state index in [4.69, 9.17) is 5.73 Å². The largest absolute Gasteiger partial charge is 0.399 e. The zero-order valence-electron chi connectivity index (χ0n) is 12.6. The fraction of sp³-hybridized carbons (Fsp3) is 0.562. The number of carbonyl (C=O) groups excluding carboxylic acids is 1. The van der Waals surface area contributed by atoms with Crippen LogP contribution in [0.2, 0.25) is 0 Å². The predicted molar refractivity (Wildman–Crippen MR) is 84.9 cm³/mol. The smallest absolute Gasteiger partial charge is 0.226 e. The zero-order valence-corrected chi connectivity index (χ0v) is 12.6. The summed E-state index contributed by atoms with van der Waals surface area (Å²) in [5.41, 5.74) is 8.46. The van der Waals surface area contributed by atoms with E-state index >= 15 is 0 Å². The molecule has 0 aromatic heterocycles. The van der Waals surface area contributed by atoms with Crippen LogP contribution in [0.15, 0.2) is 18.2 Å². The third-order valence-corrected chi connectivity index (χ3v) is 3.93. The van der Waals surface area contributed by atoms with Crippen molar-refractivity contribution < 1.29 is 4.79 Å². The molecule has 20 heavy (non-hydrogen) atoms. The number of rotatable bonds is 3. The van der Waals surface area contributed by atoms with Crippen molar-refractivity contribution in [1.82, 2.24) is 0 Å². The molecule has 0 atom stereocenters. The Morgan fingerprint density at radius 2 is 2.00 bits per heavy atom. The molecule has 1 aliphatic heterocycles. The van der Waals surface area contributed by atoms with Gasteiger partial charge in [-0.25, -0.2) is 0 Å². The number of nitrogens with zero attached hydrogens (tertiary/aromatic N) is 1. The van der Waals surface area contributed by atoms with Gasteiger partial charge >= 0.3 is 0 Å². The van der Waals surface area contributed by atoms with E-state index in [0.29, 0.717) is 5.69 Å². The Morgan fingerprint density at radius 3 is 2.60 bits per heavy atom. The highest BCUT2D eigenvalue weighted by Gasteiger charge is 2.19. The van der Waals surface area contributed by atoms with E-state index in [1.807, 2.05) is 32.0 Å². The molecule has 2 rings (SSSR count). The summed E-state index contributed by atoms with van der Waals surface area (Å²) in [5.74, 6) is 0.779. The summed E-state index contributed by atoms with van der Waals surface area (Å²) in [6, 6.07) is 5.77. The van der Waals surface area contributed by atoms with Gasteiger partial charge in [-0.15, -0.1) is 0 Å². The van der Waals surface area contributed by atoms with E-state index < -0.39 is 0 Å². The van der Waals surface area contributed by atoms with E-state index in [1.165, 1.54) is 12.8 Å². The fourth-order valence-electron chi connectivity index (χ4n) is 2.46. The molecule has 1 saturated heterocycles. The molecule has 0 bridgehead atoms. The van der Waals surface area contributed by atoms with Gasteiger partial charge in [-0.3, -0.25) is 4.79 Å². The highest BCUT2D eigenvalue weighted by atomic mass is 16.1. The van der Waals surface area contributed by atoms with Gasteiger partial charge in [0.05, 0.1) is 11.4 Å². The van der Waals surface area contributed by atoms with Crippen molar-refractivity contribution in [2.24, 2.45) is 11.8 Å². The molecule has 110 valence electrons. The summed E-state index contributed by atoms with van der Waals surface area (Å²) in [5, 5.41) is 3.00. The molecule has 0 saturated carbocycles. The normalized spacial score (nSPS) is 16.5. The van der Waals surface area contributed by atoms with Crippen LogP contribution in [0.3, 0.4) is 0 Å². The first-order valence-corrected chi connectivity index (χ1v) is 7.42. The second-order valence-corrected chi connectivity index (χ2v) is 6.09. The molecular weight excluding hydrogens is 250 g/mol. The third-order valence-electron chi connectivity index (χ3n) is 3.93. The van der Waals surface area contributed by atoms with Gasteiger partial charge in [0.15, 0.2) is 0 Å². The highest BCUT2D eigenvalue weighted by Crippen LogP contribution is 2.31. The van der Waals surface area contributed by atoms with Crippen LogP contribution in [0.4, 0.5) is 17.1 Å². The average Bonchev–Trinajstić information content (AvgIpc) is 2.40. The fourth-order valence-corrected chi connectivity index (χ4v) is 2.46. The number of nitrogen functional groups attached to an aromatic ring is 1. The van der Waals surface area contributed by atoms with Gasteiger partial charge in [0, 0.05) is 24.7 Å². The lowest BCUT2D eigenvalue weighted by molar-refractivity contribution is -0.118. The first kappa shape index (κ1) is 14.7. The van der Waals surface area contributed by atoms with Gasteiger partial charge in [0.2, 0.25) is 5.91 Å². The van der Waals surface area contributed by atoms with Gasteiger partial charge in [0.25, 0.3) is 0 Å². The summed E-state index contributed by atoms with van der Waals surface area (Å²) in [7, 11) is 0. The molecule has 1 amide bonds. The predicted octanol–water partition coefficient (Wildman–Crippen LogP) is 3.10. The maximum atomic E-state index is 11.9. The third kappa shape index (κ3) is 3.44. The number of piperidine rings is 1. The molecule has 4 heteroatoms. The van der Waals surface area contributed by atoms with E-state index in [0.717, 1.165) is 30.4 Å². The Bertz CT molecular complexity index is 477. The van der Waals surface area contributed by atoms with Gasteiger partial charge in [0.1, 0.15) is 0 Å². The Morgan fingerprint density at radius 1 is 1.35 bits per heavy atom. The van der Waals surface area contributed by atoms with E-state index in [-0.39, 0.29) is 11.8 Å². The Labute approximate surface area is 121 Å². The van der Waals surface area contributed by atoms with Gasteiger partial charge in [-0.1, -0.05) is 20.8 Å². The van der Waals surface area contributed by atoms with Crippen LogP contribution in [0.5, 0.6) is 0 Å². The molecule has 1 aromatic carbocycles. The van der Waals surface area contributed by atoms with E-state index in [9.17, 15) is 4.79 Å². The minimum atomic E-state index is -0.0364. The second-order valence-electron chi connectivity index (χ2n) is 6.09. The molecule has 1 fully saturated rings. The summed E-state index contributed by atoms with van der Waals surface area (Å²) in [4.78, 5) is 14.3. The highest BCUT2D eigenvalue weighted by molar-refractivity contribution is 5.96. The van der Waals surface area contributed by atoms with Crippen molar-refractivity contribution in [2.45, 2.75) is 33.6 Å². The molecule has 0 unspecified atom stereocenters. The molecule has 4 nitrogen and oxygen atoms in total. The SMILES string of the molecule is CC1CCN(c2ccc(N)cc2NC(=O)C(C)C)CC1. The van der Waals surface area contributed by atoms with Gasteiger partial charge < -0.3 is 16.0 Å². The molecule has 0 radical (unpaired) electrons. The first-order chi connectivity index (χ1) is 9.47. The van der Waals surface area contributed by atoms with Crippen molar-refractivity contribution in [3.05, 3.63) is 18.2 Å². The molecule has 1 aliphatic rings. The number of carbonyl (C=O) groups is 1. The van der Waals surface area contributed by atoms with E-state index in [2.05, 4.69) is 17.1 Å². The Kier molecular flexibility index (Phi) is 4.53. The Balaban J connectivity index is 2.21. The summed E-state index contributed by atoms with van der Waals surface area (Å²) >= 11 is 0. The molecule has 0 aliphatic carbocycles. The summed E-state index contributed by atoms with van der Waals surface area (Å²) in [6.07, 6.45) is 2.39. The zero-order chi connectivity index (χ0) is 14.7. The van der Waals surface area contributed by atoms with Crippen LogP contribution < -0.4 is 16.0 Å². The molecule has 3 N–H and O–H groups in total. The molecule has 0 spiro atoms. The van der Waals surface area contributed by atoms with Crippen molar-refractivity contribution in [1.29, 1.82) is 0 Å². The standard InChI is InChI=1S/C16H25N3O/c1-11(2)16(20)18-14-10-13(17)4-5-15(14)19-8-6-12(3)7-9-19/h4-5,10-12H,6-9,17H2,1-3H3,(H,18,20). The number of anilines is 3. The lowest BCUT2D eigenvalue weighted by Crippen LogP contribution is -2.33. The monoisotopic (exact) mass is 275 g/mol. The van der Waals surface area contributed by atoms with Gasteiger partial charge in [-0.2, -0.15) is 0 Å². The van der Waals surface area contributed by atoms with Crippen molar-refractivity contribution in [2.75, 3.05) is 29.0 Å². The molecule has 1 heterocycles. The number of nitrogens with one attached hydrogen (secondary N) is 1. The van der Waals surface area contributed by atoms with Crippen molar-refractivity contribution in [3.8, 4) is 0 Å². The van der Waals surface area contributed by atoms with Crippen LogP contribution in [0.25, 0.3) is 0 Å². The number of hydrogen-bond acceptors (Lipinski definition) is 3. The maximum absolute atomic E-state index is 11.9. The number of nitrogens with two attached hydrogens (primary N) is 1. The number of amides is 1. The van der Waals surface area contributed by atoms with Crippen LogP contribution >= 0.6 is 0 Å². The van der Waals surface area contributed by atoms with Crippen LogP contribution in [-0.2, 0) is 4.79 Å². The second kappa shape index (κ2) is 6.16. The molecule has 1 aromatic rings. The van der Waals surface area contributed by atoms with Crippen LogP contribution in [-0.4, -0.2) is 19.0 Å². The minimum absolute atomic E-state index is 0.0298. The quantitative estimate of drug-likeness (QED) is 0.833. The lowest BCUT2D eigenvalue weighted by atomic mass is 9.98. The first-order valence-electron chi connectivity index (χ1n) is 7.42. The minimum Gasteiger partial charge on any atom is -0.399 e.